The number of rotatable bonds is 5. The molecule has 0 N–H and O–H groups in total. The highest BCUT2D eigenvalue weighted by molar-refractivity contribution is 7.91. The molecule has 6 nitrogen and oxygen atoms in total. The Morgan fingerprint density at radius 1 is 1.00 bits per heavy atom. The summed E-state index contributed by atoms with van der Waals surface area (Å²) >= 11 is 0. The van der Waals surface area contributed by atoms with Crippen LogP contribution in [0, 0.1) is 12.7 Å². The third kappa shape index (κ3) is 3.29. The molecule has 0 bridgehead atoms. The van der Waals surface area contributed by atoms with Crippen LogP contribution in [0.4, 0.5) is 4.39 Å². The Bertz CT molecular complexity index is 1220. The smallest absolute Gasteiger partial charge is 0.261 e. The van der Waals surface area contributed by atoms with E-state index in [-0.39, 0.29) is 28.1 Å². The normalized spacial score (nSPS) is 14.7. The van der Waals surface area contributed by atoms with Crippen LogP contribution >= 0.6 is 0 Å². The highest BCUT2D eigenvalue weighted by atomic mass is 32.2. The number of fused-ring (bicyclic) bond motifs is 1. The second-order valence-electron chi connectivity index (χ2n) is 7.00. The van der Waals surface area contributed by atoms with Crippen LogP contribution in [0.2, 0.25) is 0 Å². The zero-order valence-corrected chi connectivity index (χ0v) is 16.8. The zero-order chi connectivity index (χ0) is 21.5. The van der Waals surface area contributed by atoms with Crippen molar-refractivity contribution < 1.29 is 22.4 Å². The van der Waals surface area contributed by atoms with E-state index in [9.17, 15) is 22.4 Å². The fourth-order valence-electron chi connectivity index (χ4n) is 3.48. The van der Waals surface area contributed by atoms with Crippen molar-refractivity contribution in [1.29, 1.82) is 0 Å². The molecule has 0 aliphatic carbocycles. The van der Waals surface area contributed by atoms with Gasteiger partial charge in [-0.3, -0.25) is 19.5 Å². The number of carbonyl (C=O) groups is 2. The minimum Gasteiger partial charge on any atom is -0.273 e. The van der Waals surface area contributed by atoms with E-state index in [4.69, 9.17) is 0 Å². The van der Waals surface area contributed by atoms with E-state index in [0.29, 0.717) is 5.56 Å². The number of nitrogens with zero attached hydrogens (tertiary/aromatic N) is 2. The summed E-state index contributed by atoms with van der Waals surface area (Å²) in [6.07, 6.45) is 2.88. The Balaban J connectivity index is 1.78. The van der Waals surface area contributed by atoms with Gasteiger partial charge in [0, 0.05) is 12.4 Å². The van der Waals surface area contributed by atoms with E-state index in [2.05, 4.69) is 4.98 Å². The number of aromatic nitrogens is 1. The predicted molar refractivity (Wildman–Crippen MR) is 107 cm³/mol. The molecule has 2 aromatic carbocycles. The van der Waals surface area contributed by atoms with Crippen molar-refractivity contribution in [1.82, 2.24) is 9.88 Å². The molecule has 0 spiro atoms. The molecule has 0 radical (unpaired) electrons. The van der Waals surface area contributed by atoms with Gasteiger partial charge in [0.05, 0.1) is 22.6 Å². The third-order valence-corrected chi connectivity index (χ3v) is 7.20. The quantitative estimate of drug-likeness (QED) is 0.463. The van der Waals surface area contributed by atoms with E-state index >= 15 is 0 Å². The third-order valence-electron chi connectivity index (χ3n) is 5.12. The molecule has 3 aromatic rings. The number of amides is 2. The van der Waals surface area contributed by atoms with Gasteiger partial charge in [-0.15, -0.1) is 0 Å². The molecule has 1 aromatic heterocycles. The highest BCUT2D eigenvalue weighted by Crippen LogP contribution is 2.33. The van der Waals surface area contributed by atoms with Gasteiger partial charge in [-0.25, -0.2) is 12.8 Å². The first-order valence-electron chi connectivity index (χ1n) is 9.16. The summed E-state index contributed by atoms with van der Waals surface area (Å²) in [6, 6.07) is 13.0. The van der Waals surface area contributed by atoms with E-state index in [1.807, 2.05) is 0 Å². The summed E-state index contributed by atoms with van der Waals surface area (Å²) in [6.45, 7) is 1.09. The molecule has 2 amide bonds. The number of aryl methyl sites for hydroxylation is 1. The van der Waals surface area contributed by atoms with Gasteiger partial charge >= 0.3 is 0 Å². The Morgan fingerprint density at radius 3 is 2.23 bits per heavy atom. The Hall–Kier alpha value is -3.39. The molecule has 1 aliphatic rings. The summed E-state index contributed by atoms with van der Waals surface area (Å²) in [5, 5.41) is -1.25. The molecule has 8 heteroatoms. The molecule has 1 aliphatic heterocycles. The molecule has 0 saturated heterocycles. The molecule has 152 valence electrons. The molecule has 4 rings (SSSR count). The van der Waals surface area contributed by atoms with E-state index in [0.717, 1.165) is 11.0 Å². The fraction of sp³-hybridized carbons (Fsp3) is 0.136. The standard InChI is InChI=1S/C22H17FN2O4S/c1-14-11-16(8-9-19(14)23)30(28,29)20(15-5-4-10-24-12-15)13-25-21(26)17-6-2-3-7-18(17)22(25)27/h2-12,20H,13H2,1H3/t20-/m0/s1. The molecular formula is C22H17FN2O4S. The average Bonchev–Trinajstić information content (AvgIpc) is 2.99. The first-order chi connectivity index (χ1) is 14.3. The lowest BCUT2D eigenvalue weighted by Crippen LogP contribution is -2.36. The van der Waals surface area contributed by atoms with E-state index in [1.54, 1.807) is 24.3 Å². The topological polar surface area (TPSA) is 84.4 Å². The molecular weight excluding hydrogens is 407 g/mol. The van der Waals surface area contributed by atoms with Gasteiger partial charge in [0.2, 0.25) is 0 Å². The second kappa shape index (κ2) is 7.46. The van der Waals surface area contributed by atoms with E-state index < -0.39 is 32.7 Å². The van der Waals surface area contributed by atoms with Crippen molar-refractivity contribution in [2.24, 2.45) is 0 Å². The highest BCUT2D eigenvalue weighted by Gasteiger charge is 2.40. The summed E-state index contributed by atoms with van der Waals surface area (Å²) < 4.78 is 40.6. The van der Waals surface area contributed by atoms with Gasteiger partial charge in [0.15, 0.2) is 9.84 Å². The minimum atomic E-state index is -4.07. The van der Waals surface area contributed by atoms with Crippen molar-refractivity contribution in [2.45, 2.75) is 17.1 Å². The maximum Gasteiger partial charge on any atom is 0.261 e. The Labute approximate surface area is 172 Å². The molecule has 0 fully saturated rings. The van der Waals surface area contributed by atoms with Crippen LogP contribution in [-0.2, 0) is 9.84 Å². The molecule has 1 atom stereocenters. The number of pyridine rings is 1. The minimum absolute atomic E-state index is 0.0909. The van der Waals surface area contributed by atoms with Crippen LogP contribution in [0.25, 0.3) is 0 Å². The van der Waals surface area contributed by atoms with Crippen LogP contribution in [-0.4, -0.2) is 36.7 Å². The number of carbonyl (C=O) groups excluding carboxylic acids is 2. The van der Waals surface area contributed by atoms with Crippen molar-refractivity contribution in [2.75, 3.05) is 6.54 Å². The summed E-state index contributed by atoms with van der Waals surface area (Å²) in [5.74, 6) is -1.61. The SMILES string of the molecule is Cc1cc(S(=O)(=O)[C@@H](CN2C(=O)c3ccccc3C2=O)c2cccnc2)ccc1F. The second-order valence-corrected chi connectivity index (χ2v) is 9.13. The number of imide groups is 1. The zero-order valence-electron chi connectivity index (χ0n) is 15.9. The first kappa shape index (κ1) is 19.9. The largest absolute Gasteiger partial charge is 0.273 e. The number of hydrogen-bond acceptors (Lipinski definition) is 5. The Kier molecular flexibility index (Phi) is 4.95. The molecule has 0 saturated carbocycles. The molecule has 0 unspecified atom stereocenters. The number of sulfone groups is 1. The van der Waals surface area contributed by atoms with Gasteiger partial charge < -0.3 is 0 Å². The monoisotopic (exact) mass is 424 g/mol. The Morgan fingerprint density at radius 2 is 1.67 bits per heavy atom. The number of halogens is 1. The van der Waals surface area contributed by atoms with Gasteiger partial charge in [0.1, 0.15) is 11.1 Å². The van der Waals surface area contributed by atoms with Crippen molar-refractivity contribution in [3.63, 3.8) is 0 Å². The lowest BCUT2D eigenvalue weighted by molar-refractivity contribution is 0.0654. The van der Waals surface area contributed by atoms with Crippen molar-refractivity contribution in [3.05, 3.63) is 95.1 Å². The fourth-order valence-corrected chi connectivity index (χ4v) is 5.25. The predicted octanol–water partition coefficient (Wildman–Crippen LogP) is 3.34. The van der Waals surface area contributed by atoms with Crippen LogP contribution in [0.3, 0.4) is 0 Å². The maximum absolute atomic E-state index is 13.7. The average molecular weight is 424 g/mol. The van der Waals surface area contributed by atoms with Gasteiger partial charge in [-0.2, -0.15) is 0 Å². The maximum atomic E-state index is 13.7. The summed E-state index contributed by atoms with van der Waals surface area (Å²) in [4.78, 5) is 30.4. The van der Waals surface area contributed by atoms with Crippen molar-refractivity contribution >= 4 is 21.7 Å². The van der Waals surface area contributed by atoms with Crippen molar-refractivity contribution in [3.8, 4) is 0 Å². The van der Waals surface area contributed by atoms with Gasteiger partial charge in [0.25, 0.3) is 11.8 Å². The first-order valence-corrected chi connectivity index (χ1v) is 10.7. The summed E-state index contributed by atoms with van der Waals surface area (Å²) in [5.41, 5.74) is 0.989. The molecule has 2 heterocycles. The van der Waals surface area contributed by atoms with Crippen LogP contribution in [0.15, 0.2) is 71.9 Å². The number of benzene rings is 2. The lowest BCUT2D eigenvalue weighted by Gasteiger charge is -2.23. The van der Waals surface area contributed by atoms with Crippen LogP contribution in [0.1, 0.15) is 37.1 Å². The summed E-state index contributed by atoms with van der Waals surface area (Å²) in [7, 11) is -4.07. The molecule has 30 heavy (non-hydrogen) atoms. The van der Waals surface area contributed by atoms with Crippen LogP contribution < -0.4 is 0 Å². The van der Waals surface area contributed by atoms with Gasteiger partial charge in [-0.1, -0.05) is 18.2 Å². The van der Waals surface area contributed by atoms with Gasteiger partial charge in [-0.05, 0) is 54.4 Å². The van der Waals surface area contributed by atoms with Crippen LogP contribution in [0.5, 0.6) is 0 Å². The van der Waals surface area contributed by atoms with E-state index in [1.165, 1.54) is 43.6 Å². The number of hydrogen-bond donors (Lipinski definition) is 0. The lowest BCUT2D eigenvalue weighted by atomic mass is 10.1.